The molecule has 3 rings (SSSR count). The number of rotatable bonds is 9. The molecule has 0 aromatic carbocycles. The van der Waals surface area contributed by atoms with Gasteiger partial charge in [-0.2, -0.15) is 0 Å². The highest BCUT2D eigenvalue weighted by Gasteiger charge is 2.58. The van der Waals surface area contributed by atoms with Gasteiger partial charge in [-0.3, -0.25) is 9.59 Å². The number of hydrogen-bond acceptors (Lipinski definition) is 8. The van der Waals surface area contributed by atoms with Crippen LogP contribution in [0.25, 0.3) is 0 Å². The summed E-state index contributed by atoms with van der Waals surface area (Å²) in [7, 11) is 0. The molecule has 9 heteroatoms. The Hall–Kier alpha value is -2.04. The normalized spacial score (nSPS) is 37.9. The van der Waals surface area contributed by atoms with Crippen molar-refractivity contribution in [3.8, 4) is 0 Å². The van der Waals surface area contributed by atoms with Gasteiger partial charge < -0.3 is 35.1 Å². The largest absolute Gasteiger partial charge is 0.459 e. The van der Waals surface area contributed by atoms with E-state index in [1.54, 1.807) is 13.0 Å². The number of esters is 1. The van der Waals surface area contributed by atoms with E-state index in [2.05, 4.69) is 18.3 Å². The molecule has 3 heterocycles. The van der Waals surface area contributed by atoms with Crippen molar-refractivity contribution in [2.24, 2.45) is 11.7 Å². The van der Waals surface area contributed by atoms with Gasteiger partial charge in [0.15, 0.2) is 0 Å². The summed E-state index contributed by atoms with van der Waals surface area (Å²) in [6, 6.07) is -0.0974. The molecule has 0 radical (unpaired) electrons. The van der Waals surface area contributed by atoms with Gasteiger partial charge in [0.25, 0.3) is 0 Å². The minimum absolute atomic E-state index is 0.0392. The fraction of sp³-hybridized carbons (Fsp3) is 0.704. The zero-order valence-electron chi connectivity index (χ0n) is 22.0. The Balaban J connectivity index is 1.48. The number of aliphatic hydroxyl groups excluding tert-OH is 1. The molecule has 3 aliphatic rings. The van der Waals surface area contributed by atoms with Crippen molar-refractivity contribution in [1.29, 1.82) is 0 Å². The smallest absolute Gasteiger partial charge is 0.303 e. The molecule has 1 amide bonds. The van der Waals surface area contributed by atoms with Crippen LogP contribution in [0.15, 0.2) is 36.0 Å². The summed E-state index contributed by atoms with van der Waals surface area (Å²) >= 11 is 0. The van der Waals surface area contributed by atoms with Gasteiger partial charge in [0.05, 0.1) is 31.0 Å². The lowest BCUT2D eigenvalue weighted by molar-refractivity contribution is -0.143. The van der Waals surface area contributed by atoms with E-state index in [4.69, 9.17) is 24.7 Å². The van der Waals surface area contributed by atoms with E-state index < -0.39 is 23.9 Å². The van der Waals surface area contributed by atoms with Gasteiger partial charge in [-0.25, -0.2) is 0 Å². The van der Waals surface area contributed by atoms with Crippen LogP contribution < -0.4 is 11.1 Å². The van der Waals surface area contributed by atoms with Crippen molar-refractivity contribution in [2.45, 2.75) is 102 Å². The van der Waals surface area contributed by atoms with Crippen molar-refractivity contribution >= 4 is 11.9 Å². The van der Waals surface area contributed by atoms with Crippen LogP contribution in [0, 0.1) is 5.92 Å². The number of ether oxygens (including phenoxy) is 4. The van der Waals surface area contributed by atoms with Gasteiger partial charge in [-0.15, -0.1) is 0 Å². The number of epoxide rings is 1. The number of hydrogen-bond donors (Lipinski definition) is 3. The number of amides is 1. The first-order valence-electron chi connectivity index (χ1n) is 12.9. The summed E-state index contributed by atoms with van der Waals surface area (Å²) in [6.07, 6.45) is 9.30. The molecule has 0 bridgehead atoms. The van der Waals surface area contributed by atoms with Gasteiger partial charge >= 0.3 is 5.97 Å². The van der Waals surface area contributed by atoms with E-state index in [1.807, 2.05) is 26.0 Å². The summed E-state index contributed by atoms with van der Waals surface area (Å²) in [5.74, 6) is -0.365. The van der Waals surface area contributed by atoms with Crippen LogP contribution in [0.4, 0.5) is 0 Å². The van der Waals surface area contributed by atoms with Crippen LogP contribution in [0.5, 0.6) is 0 Å². The molecular formula is C27H42N2O7. The second kappa shape index (κ2) is 12.5. The topological polar surface area (TPSA) is 133 Å². The van der Waals surface area contributed by atoms with Crippen molar-refractivity contribution in [2.75, 3.05) is 13.2 Å². The van der Waals surface area contributed by atoms with Crippen LogP contribution in [-0.2, 0) is 28.5 Å². The number of nitrogens with one attached hydrogen (secondary N) is 1. The molecule has 3 fully saturated rings. The number of aliphatic hydroxyl groups is 1. The average molecular weight is 507 g/mol. The second-order valence-electron chi connectivity index (χ2n) is 10.4. The highest BCUT2D eigenvalue weighted by Crippen LogP contribution is 2.42. The summed E-state index contributed by atoms with van der Waals surface area (Å²) in [4.78, 5) is 23.3. The third-order valence-corrected chi connectivity index (χ3v) is 7.19. The number of carbonyl (C=O) groups is 2. The minimum Gasteiger partial charge on any atom is -0.459 e. The van der Waals surface area contributed by atoms with Gasteiger partial charge in [-0.05, 0) is 45.6 Å². The van der Waals surface area contributed by atoms with E-state index >= 15 is 0 Å². The number of allylic oxidation sites excluding steroid dienone is 2. The van der Waals surface area contributed by atoms with Gasteiger partial charge in [0.2, 0.25) is 5.91 Å². The van der Waals surface area contributed by atoms with E-state index in [0.29, 0.717) is 19.6 Å². The minimum atomic E-state index is -0.696. The van der Waals surface area contributed by atoms with Gasteiger partial charge in [0.1, 0.15) is 23.9 Å². The van der Waals surface area contributed by atoms with Crippen LogP contribution in [0.3, 0.4) is 0 Å². The Labute approximate surface area is 214 Å². The summed E-state index contributed by atoms with van der Waals surface area (Å²) in [5.41, 5.74) is 6.35. The maximum Gasteiger partial charge on any atom is 0.303 e. The predicted molar refractivity (Wildman–Crippen MR) is 135 cm³/mol. The van der Waals surface area contributed by atoms with E-state index in [1.165, 1.54) is 13.0 Å². The Bertz CT molecular complexity index is 866. The molecule has 4 N–H and O–H groups in total. The van der Waals surface area contributed by atoms with Crippen molar-refractivity contribution in [3.63, 3.8) is 0 Å². The maximum absolute atomic E-state index is 12.3. The average Bonchev–Trinajstić information content (AvgIpc) is 3.59. The first-order valence-corrected chi connectivity index (χ1v) is 12.9. The number of carbonyl (C=O) groups excluding carboxylic acids is 2. The fourth-order valence-corrected chi connectivity index (χ4v) is 4.91. The van der Waals surface area contributed by atoms with Crippen LogP contribution in [0.2, 0.25) is 0 Å². The van der Waals surface area contributed by atoms with E-state index in [9.17, 15) is 14.7 Å². The molecule has 0 saturated carbocycles. The van der Waals surface area contributed by atoms with Crippen LogP contribution >= 0.6 is 0 Å². The first kappa shape index (κ1) is 28.5. The molecule has 9 nitrogen and oxygen atoms in total. The third kappa shape index (κ3) is 7.73. The monoisotopic (exact) mass is 506 g/mol. The van der Waals surface area contributed by atoms with E-state index in [-0.39, 0.29) is 42.1 Å². The van der Waals surface area contributed by atoms with Crippen molar-refractivity contribution < 1.29 is 33.6 Å². The molecule has 1 unspecified atom stereocenters. The first-order chi connectivity index (χ1) is 17.0. The van der Waals surface area contributed by atoms with Crippen molar-refractivity contribution in [3.05, 3.63) is 36.0 Å². The van der Waals surface area contributed by atoms with Gasteiger partial charge in [-0.1, -0.05) is 30.7 Å². The zero-order valence-corrected chi connectivity index (χ0v) is 22.0. The molecule has 0 aliphatic carbocycles. The standard InChI is InChI=1S/C27H42N2O7/c1-16(7-10-24-26(32)27(15-33-27)13-21(14-28)36-24)6-9-23-17(2)12-22(19(4)35-23)29-25(31)11-8-18(3)34-20(5)30/h6-8,10-11,17-19,21-24,26,32H,9,12-15,28H2,1-5H3,(H,29,31)/b10-7+,11-8-,16-6+/t17-,18-,19+,21-,22+,23-,24+,26+,27?/m0/s1. The molecule has 202 valence electrons. The highest BCUT2D eigenvalue weighted by molar-refractivity contribution is 5.87. The molecule has 3 saturated heterocycles. The lowest BCUT2D eigenvalue weighted by Gasteiger charge is -2.39. The van der Waals surface area contributed by atoms with Crippen molar-refractivity contribution in [1.82, 2.24) is 5.32 Å². The van der Waals surface area contributed by atoms with Crippen LogP contribution in [0.1, 0.15) is 53.9 Å². The molecular weight excluding hydrogens is 464 g/mol. The molecule has 3 aliphatic heterocycles. The van der Waals surface area contributed by atoms with Gasteiger partial charge in [0, 0.05) is 26.0 Å². The molecule has 1 spiro atoms. The maximum atomic E-state index is 12.3. The lowest BCUT2D eigenvalue weighted by Crippen LogP contribution is -2.51. The Morgan fingerprint density at radius 3 is 2.61 bits per heavy atom. The Morgan fingerprint density at radius 2 is 1.97 bits per heavy atom. The quantitative estimate of drug-likeness (QED) is 0.187. The molecule has 36 heavy (non-hydrogen) atoms. The Morgan fingerprint density at radius 1 is 1.25 bits per heavy atom. The Kier molecular flexibility index (Phi) is 9.88. The predicted octanol–water partition coefficient (Wildman–Crippen LogP) is 1.93. The summed E-state index contributed by atoms with van der Waals surface area (Å²) in [6.45, 7) is 10.1. The summed E-state index contributed by atoms with van der Waals surface area (Å²) < 4.78 is 22.7. The fourth-order valence-electron chi connectivity index (χ4n) is 4.91. The highest BCUT2D eigenvalue weighted by atomic mass is 16.6. The number of nitrogens with two attached hydrogens (primary N) is 1. The molecule has 9 atom stereocenters. The zero-order chi connectivity index (χ0) is 26.5. The van der Waals surface area contributed by atoms with Crippen LogP contribution in [-0.4, -0.2) is 78.4 Å². The van der Waals surface area contributed by atoms with E-state index in [0.717, 1.165) is 18.4 Å². The second-order valence-corrected chi connectivity index (χ2v) is 10.4. The molecule has 0 aromatic rings. The SMILES string of the molecule is CC(=O)O[C@@H](C)/C=C\C(=O)N[C@@H]1C[C@H](C)[C@H](C/C=C(C)/C=C/[C@H]2O[C@H](CN)CC3(CO3)[C@@H]2O)O[C@@H]1C. The summed E-state index contributed by atoms with van der Waals surface area (Å²) in [5, 5.41) is 13.6. The lowest BCUT2D eigenvalue weighted by atomic mass is 9.87. The third-order valence-electron chi connectivity index (χ3n) is 7.19. The molecule has 0 aromatic heterocycles.